The van der Waals surface area contributed by atoms with Crippen molar-refractivity contribution in [2.24, 2.45) is 5.73 Å². The Kier molecular flexibility index (Phi) is 3.95. The van der Waals surface area contributed by atoms with Crippen LogP contribution in [0.3, 0.4) is 0 Å². The summed E-state index contributed by atoms with van der Waals surface area (Å²) in [6, 6.07) is 13.3. The van der Waals surface area contributed by atoms with Crippen LogP contribution in [0.5, 0.6) is 11.5 Å². The molecule has 2 aromatic carbocycles. The number of carbonyl (C=O) groups excluding carboxylic acids is 1. The Morgan fingerprint density at radius 3 is 2.50 bits per heavy atom. The zero-order chi connectivity index (χ0) is 17.3. The Bertz CT molecular complexity index is 992. The minimum Gasteiger partial charge on any atom is -0.504 e. The van der Waals surface area contributed by atoms with E-state index in [0.29, 0.717) is 18.5 Å². The van der Waals surface area contributed by atoms with Crippen molar-refractivity contribution in [1.29, 1.82) is 0 Å². The summed E-state index contributed by atoms with van der Waals surface area (Å²) < 4.78 is 1.50. The van der Waals surface area contributed by atoms with Crippen LogP contribution in [0.25, 0.3) is 10.9 Å². The standard InChI is InChI=1S/C18H16N2O4/c19-17(23)13-10-12-3-1-2-4-14(12)20(18(13)24)8-7-11-5-6-15(21)16(22)9-11/h1-6,9-10,21-22H,7-8H2,(H2,19,23). The maximum atomic E-state index is 12.5. The lowest BCUT2D eigenvalue weighted by Crippen LogP contribution is -2.30. The first-order valence-electron chi connectivity index (χ1n) is 7.40. The molecule has 122 valence electrons. The van der Waals surface area contributed by atoms with E-state index in [1.807, 2.05) is 18.2 Å². The van der Waals surface area contributed by atoms with Crippen LogP contribution in [0, 0.1) is 0 Å². The number of nitrogens with two attached hydrogens (primary N) is 1. The van der Waals surface area contributed by atoms with Crippen LogP contribution >= 0.6 is 0 Å². The fourth-order valence-corrected chi connectivity index (χ4v) is 2.69. The molecule has 0 atom stereocenters. The molecule has 0 saturated heterocycles. The molecule has 0 fully saturated rings. The number of nitrogens with zero attached hydrogens (tertiary/aromatic N) is 1. The second-order valence-corrected chi connectivity index (χ2v) is 5.51. The Morgan fingerprint density at radius 1 is 1.04 bits per heavy atom. The van der Waals surface area contributed by atoms with Gasteiger partial charge in [0.25, 0.3) is 11.5 Å². The van der Waals surface area contributed by atoms with E-state index in [9.17, 15) is 19.8 Å². The molecule has 0 radical (unpaired) electrons. The SMILES string of the molecule is NC(=O)c1cc2ccccc2n(CCc2ccc(O)c(O)c2)c1=O. The molecule has 0 spiro atoms. The number of primary amides is 1. The number of benzene rings is 2. The zero-order valence-electron chi connectivity index (χ0n) is 12.8. The Morgan fingerprint density at radius 2 is 1.79 bits per heavy atom. The molecule has 3 rings (SSSR count). The number of phenols is 2. The maximum absolute atomic E-state index is 12.5. The number of hydrogen-bond acceptors (Lipinski definition) is 4. The molecule has 0 saturated carbocycles. The van der Waals surface area contributed by atoms with Crippen LogP contribution in [0.4, 0.5) is 0 Å². The maximum Gasteiger partial charge on any atom is 0.263 e. The highest BCUT2D eigenvalue weighted by atomic mass is 16.3. The molecule has 24 heavy (non-hydrogen) atoms. The van der Waals surface area contributed by atoms with Gasteiger partial charge in [0, 0.05) is 6.54 Å². The van der Waals surface area contributed by atoms with Gasteiger partial charge >= 0.3 is 0 Å². The molecule has 0 aliphatic rings. The molecular weight excluding hydrogens is 308 g/mol. The average molecular weight is 324 g/mol. The quantitative estimate of drug-likeness (QED) is 0.636. The predicted molar refractivity (Wildman–Crippen MR) is 90.2 cm³/mol. The molecule has 0 aliphatic carbocycles. The number of aromatic hydroxyl groups is 2. The van der Waals surface area contributed by atoms with E-state index in [1.54, 1.807) is 12.1 Å². The van der Waals surface area contributed by atoms with Gasteiger partial charge in [0.1, 0.15) is 5.56 Å². The van der Waals surface area contributed by atoms with Gasteiger partial charge < -0.3 is 20.5 Å². The minimum atomic E-state index is -0.762. The van der Waals surface area contributed by atoms with Gasteiger partial charge in [-0.3, -0.25) is 9.59 Å². The third kappa shape index (κ3) is 2.81. The number of pyridine rings is 1. The molecule has 1 amide bonds. The molecule has 0 unspecified atom stereocenters. The van der Waals surface area contributed by atoms with E-state index >= 15 is 0 Å². The molecule has 3 aromatic rings. The van der Waals surface area contributed by atoms with Gasteiger partial charge in [-0.1, -0.05) is 24.3 Å². The summed E-state index contributed by atoms with van der Waals surface area (Å²) in [4.78, 5) is 24.1. The topological polar surface area (TPSA) is 106 Å². The first-order valence-corrected chi connectivity index (χ1v) is 7.40. The van der Waals surface area contributed by atoms with Gasteiger partial charge in [-0.25, -0.2) is 0 Å². The summed E-state index contributed by atoms with van der Waals surface area (Å²) >= 11 is 0. The lowest BCUT2D eigenvalue weighted by atomic mass is 10.1. The number of phenolic OH excluding ortho intramolecular Hbond substituents is 2. The van der Waals surface area contributed by atoms with Gasteiger partial charge in [-0.15, -0.1) is 0 Å². The third-order valence-corrected chi connectivity index (χ3v) is 3.93. The monoisotopic (exact) mass is 324 g/mol. The van der Waals surface area contributed by atoms with Crippen LogP contribution in [-0.2, 0) is 13.0 Å². The lowest BCUT2D eigenvalue weighted by molar-refractivity contribution is 0.0998. The number of para-hydroxylation sites is 1. The summed E-state index contributed by atoms with van der Waals surface area (Å²) in [6.45, 7) is 0.310. The van der Waals surface area contributed by atoms with E-state index in [2.05, 4.69) is 0 Å². The van der Waals surface area contributed by atoms with Gasteiger partial charge in [-0.05, 0) is 41.6 Å². The summed E-state index contributed by atoms with van der Waals surface area (Å²) in [6.07, 6.45) is 0.444. The smallest absolute Gasteiger partial charge is 0.263 e. The fraction of sp³-hybridized carbons (Fsp3) is 0.111. The van der Waals surface area contributed by atoms with Crippen molar-refractivity contribution in [2.45, 2.75) is 13.0 Å². The van der Waals surface area contributed by atoms with Crippen molar-refractivity contribution in [3.05, 3.63) is 70.0 Å². The number of carbonyl (C=O) groups is 1. The van der Waals surface area contributed by atoms with Crippen molar-refractivity contribution in [3.8, 4) is 11.5 Å². The van der Waals surface area contributed by atoms with Crippen molar-refractivity contribution in [1.82, 2.24) is 4.57 Å². The zero-order valence-corrected chi connectivity index (χ0v) is 12.8. The molecular formula is C18H16N2O4. The van der Waals surface area contributed by atoms with Crippen LogP contribution in [0.1, 0.15) is 15.9 Å². The molecule has 6 heteroatoms. The molecule has 6 nitrogen and oxygen atoms in total. The second kappa shape index (κ2) is 6.08. The van der Waals surface area contributed by atoms with Gasteiger partial charge in [-0.2, -0.15) is 0 Å². The van der Waals surface area contributed by atoms with E-state index in [4.69, 9.17) is 5.73 Å². The van der Waals surface area contributed by atoms with Crippen molar-refractivity contribution < 1.29 is 15.0 Å². The highest BCUT2D eigenvalue weighted by Gasteiger charge is 2.13. The van der Waals surface area contributed by atoms with Crippen LogP contribution in [-0.4, -0.2) is 20.7 Å². The van der Waals surface area contributed by atoms with E-state index in [0.717, 1.165) is 10.9 Å². The summed E-state index contributed by atoms with van der Waals surface area (Å²) in [7, 11) is 0. The van der Waals surface area contributed by atoms with Crippen molar-refractivity contribution in [3.63, 3.8) is 0 Å². The number of aromatic nitrogens is 1. The molecule has 0 bridgehead atoms. The van der Waals surface area contributed by atoms with Gasteiger partial charge in [0.15, 0.2) is 11.5 Å². The number of aryl methyl sites for hydroxylation is 2. The van der Waals surface area contributed by atoms with E-state index in [1.165, 1.54) is 22.8 Å². The van der Waals surface area contributed by atoms with Gasteiger partial charge in [0.2, 0.25) is 0 Å². The third-order valence-electron chi connectivity index (χ3n) is 3.93. The number of fused-ring (bicyclic) bond motifs is 1. The van der Waals surface area contributed by atoms with E-state index in [-0.39, 0.29) is 17.1 Å². The Labute approximate surface area is 137 Å². The lowest BCUT2D eigenvalue weighted by Gasteiger charge is -2.12. The number of rotatable bonds is 4. The summed E-state index contributed by atoms with van der Waals surface area (Å²) in [5.41, 5.74) is 6.27. The average Bonchev–Trinajstić information content (AvgIpc) is 2.56. The number of amides is 1. The first kappa shape index (κ1) is 15.6. The van der Waals surface area contributed by atoms with Crippen LogP contribution in [0.2, 0.25) is 0 Å². The molecule has 0 aliphatic heterocycles. The molecule has 1 heterocycles. The fourth-order valence-electron chi connectivity index (χ4n) is 2.69. The first-order chi connectivity index (χ1) is 11.5. The molecule has 1 aromatic heterocycles. The number of hydrogen-bond donors (Lipinski definition) is 3. The Balaban J connectivity index is 2.04. The van der Waals surface area contributed by atoms with Crippen LogP contribution < -0.4 is 11.3 Å². The minimum absolute atomic E-state index is 0.0535. The van der Waals surface area contributed by atoms with Crippen LogP contribution in [0.15, 0.2) is 53.3 Å². The predicted octanol–water partition coefficient (Wildman–Crippen LogP) is 1.75. The largest absolute Gasteiger partial charge is 0.504 e. The van der Waals surface area contributed by atoms with Crippen molar-refractivity contribution in [2.75, 3.05) is 0 Å². The summed E-state index contributed by atoms with van der Waals surface area (Å²) in [5, 5.41) is 19.7. The summed E-state index contributed by atoms with van der Waals surface area (Å²) in [5.74, 6) is -1.17. The highest BCUT2D eigenvalue weighted by molar-refractivity contribution is 5.96. The Hall–Kier alpha value is -3.28. The van der Waals surface area contributed by atoms with E-state index < -0.39 is 11.5 Å². The normalized spacial score (nSPS) is 10.8. The van der Waals surface area contributed by atoms with Crippen molar-refractivity contribution >= 4 is 16.8 Å². The van der Waals surface area contributed by atoms with Gasteiger partial charge in [0.05, 0.1) is 5.52 Å². The highest BCUT2D eigenvalue weighted by Crippen LogP contribution is 2.25. The second-order valence-electron chi connectivity index (χ2n) is 5.51. The molecule has 4 N–H and O–H groups in total.